The Bertz CT molecular complexity index is 1260. The van der Waals surface area contributed by atoms with Crippen LogP contribution in [0.3, 0.4) is 0 Å². The number of hydrogen-bond donors (Lipinski definition) is 8. The second-order valence-corrected chi connectivity index (χ2v) is 10.9. The van der Waals surface area contributed by atoms with E-state index in [2.05, 4.69) is 35.4 Å². The van der Waals surface area contributed by atoms with E-state index in [4.69, 9.17) is 25.3 Å². The van der Waals surface area contributed by atoms with Crippen LogP contribution in [0.15, 0.2) is 20.8 Å². The summed E-state index contributed by atoms with van der Waals surface area (Å²) in [5.41, 5.74) is 0.285. The lowest BCUT2D eigenvalue weighted by molar-refractivity contribution is -0.0450. The number of phosphoric acid groups is 3. The Labute approximate surface area is 195 Å². The predicted molar refractivity (Wildman–Crippen MR) is 113 cm³/mol. The molecule has 22 heteroatoms. The molecule has 1 aromatic rings. The first-order valence-electron chi connectivity index (χ1n) is 9.03. The highest BCUT2D eigenvalue weighted by Crippen LogP contribution is 2.66. The van der Waals surface area contributed by atoms with Crippen LogP contribution in [0.1, 0.15) is 18.2 Å². The summed E-state index contributed by atoms with van der Waals surface area (Å²) in [7, 11) is -16.7. The van der Waals surface area contributed by atoms with Gasteiger partial charge in [-0.2, -0.15) is 8.62 Å². The van der Waals surface area contributed by atoms with E-state index in [0.29, 0.717) is 0 Å². The molecule has 1 aromatic heterocycles. The van der Waals surface area contributed by atoms with Gasteiger partial charge in [0.2, 0.25) is 0 Å². The molecular weight excluding hydrogens is 543 g/mol. The van der Waals surface area contributed by atoms with Crippen molar-refractivity contribution in [2.24, 2.45) is 10.8 Å². The van der Waals surface area contributed by atoms with Crippen molar-refractivity contribution in [3.63, 3.8) is 0 Å². The molecule has 0 aliphatic carbocycles. The molecule has 0 radical (unpaired) electrons. The lowest BCUT2D eigenvalue weighted by atomic mass is 10.2. The number of aliphatic hydroxyl groups is 1. The molecule has 0 amide bonds. The van der Waals surface area contributed by atoms with Gasteiger partial charge in [0.15, 0.2) is 0 Å². The fraction of sp³-hybridized carbons (Fsp3) is 0.462. The molecule has 2 rings (SSSR count). The molecule has 1 aliphatic heterocycles. The topological polar surface area (TPSA) is 295 Å². The number of phosphoric ester groups is 1. The van der Waals surface area contributed by atoms with Gasteiger partial charge in [-0.25, -0.2) is 24.3 Å². The normalized spacial score (nSPS) is 23.9. The number of aliphatic imine (C=N–C) groups is 1. The molecule has 5 atom stereocenters. The van der Waals surface area contributed by atoms with Crippen molar-refractivity contribution in [2.45, 2.75) is 24.9 Å². The lowest BCUT2D eigenvalue weighted by Gasteiger charge is -2.19. The number of hydrazine groups is 1. The summed E-state index contributed by atoms with van der Waals surface area (Å²) in [6, 6.07) is 0. The monoisotopic (exact) mass is 563 g/mol. The molecule has 0 saturated carbocycles. The van der Waals surface area contributed by atoms with Crippen LogP contribution in [0.4, 0.5) is 0 Å². The number of aromatic amines is 1. The molecule has 196 valence electrons. The number of H-pyrrole nitrogens is 1. The highest BCUT2D eigenvalue weighted by Gasteiger charge is 2.43. The second kappa shape index (κ2) is 11.8. The fourth-order valence-electron chi connectivity index (χ4n) is 2.57. The minimum atomic E-state index is -5.72. The number of rotatable bonds is 10. The van der Waals surface area contributed by atoms with Gasteiger partial charge in [-0.05, 0) is 0 Å². The quantitative estimate of drug-likeness (QED) is 0.0361. The molecule has 19 nitrogen and oxygen atoms in total. The molecule has 2 heterocycles. The smallest absolute Gasteiger partial charge is 0.390 e. The van der Waals surface area contributed by atoms with Gasteiger partial charge in [0.25, 0.3) is 5.56 Å². The molecule has 35 heavy (non-hydrogen) atoms. The fourth-order valence-corrected chi connectivity index (χ4v) is 5.60. The van der Waals surface area contributed by atoms with Crippen molar-refractivity contribution in [2.75, 3.05) is 13.2 Å². The van der Waals surface area contributed by atoms with E-state index in [9.17, 15) is 33.3 Å². The predicted octanol–water partition coefficient (Wildman–Crippen LogP) is -2.63. The number of nitrogens with zero attached hydrogens (tertiary/aromatic N) is 2. The van der Waals surface area contributed by atoms with Gasteiger partial charge >= 0.3 is 29.2 Å². The third-order valence-electron chi connectivity index (χ3n) is 3.86. The van der Waals surface area contributed by atoms with E-state index in [-0.39, 0.29) is 18.5 Å². The van der Waals surface area contributed by atoms with E-state index in [1.165, 1.54) is 0 Å². The minimum absolute atomic E-state index is 0.0237. The molecular formula is C13H20N5O14P3. The van der Waals surface area contributed by atoms with Crippen LogP contribution < -0.4 is 22.5 Å². The van der Waals surface area contributed by atoms with Gasteiger partial charge in [-0.1, -0.05) is 11.8 Å². The first kappa shape index (κ1) is 29.2. The van der Waals surface area contributed by atoms with Crippen LogP contribution in [-0.2, 0) is 31.6 Å². The zero-order valence-electron chi connectivity index (χ0n) is 17.2. The molecule has 1 fully saturated rings. The van der Waals surface area contributed by atoms with E-state index >= 15 is 0 Å². The van der Waals surface area contributed by atoms with Gasteiger partial charge in [0.1, 0.15) is 24.4 Å². The third kappa shape index (κ3) is 9.52. The van der Waals surface area contributed by atoms with Crippen molar-refractivity contribution in [3.8, 4) is 11.8 Å². The van der Waals surface area contributed by atoms with E-state index in [0.717, 1.165) is 17.1 Å². The summed E-state index contributed by atoms with van der Waals surface area (Å²) in [6.07, 6.45) is -1.99. The van der Waals surface area contributed by atoms with Crippen LogP contribution in [0.5, 0.6) is 0 Å². The number of aromatic nitrogens is 2. The SMILES string of the molecule is NNC=NCC#Cc1cn([C@H]2C[C@H](O)[C@@H](COP(=O)(O)OP(=O)(O)OP(=O)(O)O)O2)c(=O)[nH]c1=O. The number of hydrogen-bond acceptors (Lipinski definition) is 12. The van der Waals surface area contributed by atoms with Gasteiger partial charge in [-0.15, -0.1) is 0 Å². The number of aliphatic hydroxyl groups excluding tert-OH is 1. The second-order valence-electron chi connectivity index (χ2n) is 6.47. The summed E-state index contributed by atoms with van der Waals surface area (Å²) >= 11 is 0. The summed E-state index contributed by atoms with van der Waals surface area (Å²) in [5.74, 6) is 10.0. The molecule has 1 aliphatic rings. The molecule has 0 aromatic carbocycles. The molecule has 2 unspecified atom stereocenters. The van der Waals surface area contributed by atoms with Gasteiger partial charge in [0, 0.05) is 12.6 Å². The maximum atomic E-state index is 12.2. The van der Waals surface area contributed by atoms with Crippen LogP contribution in [-0.4, -0.2) is 65.9 Å². The third-order valence-corrected chi connectivity index (χ3v) is 7.66. The van der Waals surface area contributed by atoms with Crippen molar-refractivity contribution in [1.82, 2.24) is 15.0 Å². The standard InChI is InChI=1S/C13H20N5O14P3/c14-16-7-15-3-1-2-8-5-18(13(21)17-12(8)20)11-4-9(19)10(30-11)6-29-34(25,26)32-35(27,28)31-33(22,23)24/h5,7,9-11,19H,3-4,6,14H2,(H,15,16)(H,25,26)(H,27,28)(H,17,20,21)(H2,22,23,24)/t9-,10+,11+/m0/s1. The summed E-state index contributed by atoms with van der Waals surface area (Å²) < 4.78 is 51.6. The van der Waals surface area contributed by atoms with Crippen LogP contribution in [0.2, 0.25) is 0 Å². The first-order valence-corrected chi connectivity index (χ1v) is 13.6. The van der Waals surface area contributed by atoms with E-state index < -0.39 is 59.8 Å². The Balaban J connectivity index is 2.09. The van der Waals surface area contributed by atoms with E-state index in [1.807, 2.05) is 4.98 Å². The Kier molecular flexibility index (Phi) is 9.87. The molecule has 1 saturated heterocycles. The van der Waals surface area contributed by atoms with Gasteiger partial charge in [-0.3, -0.25) is 23.9 Å². The van der Waals surface area contributed by atoms with Gasteiger partial charge in [0.05, 0.1) is 19.0 Å². The average molecular weight is 563 g/mol. The van der Waals surface area contributed by atoms with Crippen molar-refractivity contribution in [3.05, 3.63) is 32.6 Å². The maximum Gasteiger partial charge on any atom is 0.490 e. The number of nitrogens with two attached hydrogens (primary N) is 1. The zero-order chi connectivity index (χ0) is 26.4. The zero-order valence-corrected chi connectivity index (χ0v) is 19.9. The number of ether oxygens (including phenoxy) is 1. The summed E-state index contributed by atoms with van der Waals surface area (Å²) in [6.45, 7) is -0.955. The maximum absolute atomic E-state index is 12.2. The van der Waals surface area contributed by atoms with Crippen LogP contribution in [0, 0.1) is 11.8 Å². The number of nitrogens with one attached hydrogen (secondary N) is 2. The Morgan fingerprint density at radius 1 is 1.26 bits per heavy atom. The Morgan fingerprint density at radius 2 is 1.94 bits per heavy atom. The molecule has 0 bridgehead atoms. The van der Waals surface area contributed by atoms with E-state index in [1.54, 1.807) is 0 Å². The highest BCUT2D eigenvalue weighted by molar-refractivity contribution is 7.66. The van der Waals surface area contributed by atoms with Crippen LogP contribution in [0.25, 0.3) is 0 Å². The lowest BCUT2D eigenvalue weighted by Crippen LogP contribution is -2.33. The average Bonchev–Trinajstić information content (AvgIpc) is 3.05. The summed E-state index contributed by atoms with van der Waals surface area (Å²) in [5, 5.41) is 10.1. The van der Waals surface area contributed by atoms with Crippen molar-refractivity contribution < 1.29 is 56.3 Å². The molecule has 0 spiro atoms. The molecule has 9 N–H and O–H groups in total. The minimum Gasteiger partial charge on any atom is -0.390 e. The largest absolute Gasteiger partial charge is 0.490 e. The Morgan fingerprint density at radius 3 is 2.57 bits per heavy atom. The van der Waals surface area contributed by atoms with Crippen molar-refractivity contribution >= 4 is 29.8 Å². The van der Waals surface area contributed by atoms with Crippen molar-refractivity contribution in [1.29, 1.82) is 0 Å². The summed E-state index contributed by atoms with van der Waals surface area (Å²) in [4.78, 5) is 65.5. The first-order chi connectivity index (χ1) is 16.1. The van der Waals surface area contributed by atoms with Crippen LogP contribution >= 0.6 is 23.5 Å². The highest BCUT2D eigenvalue weighted by atomic mass is 31.3. The van der Waals surface area contributed by atoms with Gasteiger partial charge < -0.3 is 34.8 Å². The Hall–Kier alpha value is -2.00.